The zero-order chi connectivity index (χ0) is 21.4. The van der Waals surface area contributed by atoms with E-state index in [0.29, 0.717) is 0 Å². The molecule has 0 aliphatic heterocycles. The van der Waals surface area contributed by atoms with Crippen molar-refractivity contribution in [3.05, 3.63) is 0 Å². The first-order valence-electron chi connectivity index (χ1n) is 11.9. The van der Waals surface area contributed by atoms with Gasteiger partial charge in [-0.3, -0.25) is 0 Å². The van der Waals surface area contributed by atoms with Crippen molar-refractivity contribution in [1.29, 1.82) is 0 Å². The van der Waals surface area contributed by atoms with Crippen molar-refractivity contribution < 1.29 is 0 Å². The Morgan fingerprint density at radius 1 is 0.429 bits per heavy atom. The monoisotopic (exact) mass is 480 g/mol. The highest BCUT2D eigenvalue weighted by molar-refractivity contribution is 7.61. The van der Waals surface area contributed by atoms with Crippen LogP contribution >= 0.6 is 0 Å². The largest absolute Gasteiger partial charge is 0.0887 e. The normalized spacial score (nSPS) is 30.9. The third kappa shape index (κ3) is 4.33. The summed E-state index contributed by atoms with van der Waals surface area (Å²) in [7, 11) is -4.60. The van der Waals surface area contributed by atoms with Crippen molar-refractivity contribution in [3.63, 3.8) is 0 Å². The van der Waals surface area contributed by atoms with Crippen molar-refractivity contribution in [2.75, 3.05) is 0 Å². The molecule has 0 saturated heterocycles. The first kappa shape index (κ1) is 23.7. The van der Waals surface area contributed by atoms with Gasteiger partial charge in [-0.1, -0.05) is 88.9 Å². The van der Waals surface area contributed by atoms with Gasteiger partial charge in [-0.2, -0.15) is 0 Å². The van der Waals surface area contributed by atoms with E-state index < -0.39 is 30.4 Å². The molecule has 0 aromatic carbocycles. The summed E-state index contributed by atoms with van der Waals surface area (Å²) in [4.78, 5) is 0. The van der Waals surface area contributed by atoms with Gasteiger partial charge in [0.25, 0.3) is 0 Å². The van der Waals surface area contributed by atoms with Crippen molar-refractivity contribution in [2.24, 2.45) is 23.7 Å². The molecular formula is C22H48Si6. The van der Waals surface area contributed by atoms with Crippen LogP contribution in [0.4, 0.5) is 0 Å². The number of hydrogen-bond acceptors (Lipinski definition) is 0. The Balaban J connectivity index is 2.10. The minimum absolute atomic E-state index is 0.219. The molecule has 0 amide bonds. The van der Waals surface area contributed by atoms with Gasteiger partial charge in [-0.15, -0.1) is 0 Å². The molecule has 0 radical (unpaired) electrons. The standard InChI is InChI=1S/C22H48Si6/c1-25(2,3)23(26(4,5)6)21-17-13-19-15-18(21)16-20(14-17)22(19)24(27(7,8)9)28(10,11)12/h17-20H,13-16H2,1-12H3. The summed E-state index contributed by atoms with van der Waals surface area (Å²) < 4.78 is 0. The smallest absolute Gasteiger partial charge is 0.0520 e. The molecule has 0 unspecified atom stereocenters. The van der Waals surface area contributed by atoms with Crippen LogP contribution in [0.1, 0.15) is 25.7 Å². The van der Waals surface area contributed by atoms with Gasteiger partial charge in [0.15, 0.2) is 0 Å². The molecule has 4 bridgehead atoms. The zero-order valence-electron chi connectivity index (χ0n) is 21.1. The van der Waals surface area contributed by atoms with Crippen LogP contribution < -0.4 is 0 Å². The van der Waals surface area contributed by atoms with Gasteiger partial charge in [0.2, 0.25) is 0 Å². The maximum absolute atomic E-state index is 2.73. The van der Waals surface area contributed by atoms with Crippen molar-refractivity contribution in [1.82, 2.24) is 0 Å². The van der Waals surface area contributed by atoms with Crippen LogP contribution in [0.5, 0.6) is 0 Å². The summed E-state index contributed by atoms with van der Waals surface area (Å²) in [5.41, 5.74) is 0. The van der Waals surface area contributed by atoms with Crippen LogP contribution in [0.3, 0.4) is 0 Å². The molecule has 0 aromatic heterocycles. The highest BCUT2D eigenvalue weighted by Crippen LogP contribution is 2.52. The van der Waals surface area contributed by atoms with Gasteiger partial charge in [-0.25, -0.2) is 0 Å². The SMILES string of the molecule is C[Si](C)(C)[Si](=C1C2CC3CC1CC(C2)C3=[Si]([Si](C)(C)C)[Si](C)(C)C)[Si](C)(C)C. The molecule has 0 atom stereocenters. The lowest BCUT2D eigenvalue weighted by Crippen LogP contribution is -2.66. The maximum Gasteiger partial charge on any atom is 0.0520 e. The lowest BCUT2D eigenvalue weighted by molar-refractivity contribution is 0.240. The predicted octanol–water partition coefficient (Wildman–Crippen LogP) is 6.22. The Bertz CT molecular complexity index is 579. The van der Waals surface area contributed by atoms with E-state index >= 15 is 0 Å². The predicted molar refractivity (Wildman–Crippen MR) is 147 cm³/mol. The van der Waals surface area contributed by atoms with Crippen molar-refractivity contribution in [3.8, 4) is 0 Å². The molecule has 4 fully saturated rings. The van der Waals surface area contributed by atoms with Crippen molar-refractivity contribution in [2.45, 2.75) is 104 Å². The second-order valence-electron chi connectivity index (χ2n) is 14.4. The van der Waals surface area contributed by atoms with Crippen LogP contribution in [0.15, 0.2) is 0 Å². The van der Waals surface area contributed by atoms with E-state index in [0.717, 1.165) is 23.7 Å². The molecule has 4 saturated carbocycles. The van der Waals surface area contributed by atoms with Crippen LogP contribution in [0, 0.1) is 23.7 Å². The van der Waals surface area contributed by atoms with E-state index in [1.165, 1.54) is 0 Å². The van der Waals surface area contributed by atoms with Gasteiger partial charge in [0.05, 0.1) is 30.4 Å². The highest BCUT2D eigenvalue weighted by Gasteiger charge is 2.53. The lowest BCUT2D eigenvalue weighted by atomic mass is 9.56. The fourth-order valence-electron chi connectivity index (χ4n) is 8.24. The molecule has 4 rings (SSSR count). The van der Waals surface area contributed by atoms with Crippen LogP contribution in [-0.4, -0.2) is 55.6 Å². The molecule has 0 spiro atoms. The molecule has 0 aromatic rings. The Morgan fingerprint density at radius 2 is 0.607 bits per heavy atom. The minimum Gasteiger partial charge on any atom is -0.0887 e. The summed E-state index contributed by atoms with van der Waals surface area (Å²) in [6.45, 7) is 32.7. The minimum atomic E-state index is -1.04. The van der Waals surface area contributed by atoms with E-state index in [1.54, 1.807) is 25.7 Å². The molecule has 28 heavy (non-hydrogen) atoms. The Morgan fingerprint density at radius 3 is 0.750 bits per heavy atom. The van der Waals surface area contributed by atoms with Crippen LogP contribution in [-0.2, 0) is 0 Å². The maximum atomic E-state index is 2.73. The summed E-state index contributed by atoms with van der Waals surface area (Å²) in [5, 5.41) is 4.51. The zero-order valence-corrected chi connectivity index (χ0v) is 27.1. The average Bonchev–Trinajstić information content (AvgIpc) is 2.38. The number of rotatable bonds is 4. The Labute approximate surface area is 182 Å². The highest BCUT2D eigenvalue weighted by atomic mass is 29.6. The quantitative estimate of drug-likeness (QED) is 0.419. The van der Waals surface area contributed by atoms with Gasteiger partial charge >= 0.3 is 0 Å². The topological polar surface area (TPSA) is 0 Å². The second-order valence-corrected chi connectivity index (χ2v) is 62.0. The molecule has 160 valence electrons. The number of hydrogen-bond donors (Lipinski definition) is 0. The Kier molecular flexibility index (Phi) is 6.17. The summed E-state index contributed by atoms with van der Waals surface area (Å²) in [6, 6.07) is 0. The summed E-state index contributed by atoms with van der Waals surface area (Å²) >= 11 is 0. The molecule has 0 heterocycles. The van der Waals surface area contributed by atoms with Crippen molar-refractivity contribution >= 4 is 55.6 Å². The molecule has 4 aliphatic rings. The van der Waals surface area contributed by atoms with E-state index in [-0.39, 0.29) is 14.9 Å². The summed E-state index contributed by atoms with van der Waals surface area (Å²) in [5.74, 6) is 4.24. The molecule has 6 heteroatoms. The van der Waals surface area contributed by atoms with Gasteiger partial charge in [0.1, 0.15) is 0 Å². The Hall–Kier alpha value is 1.04. The van der Waals surface area contributed by atoms with Crippen LogP contribution in [0.2, 0.25) is 78.6 Å². The van der Waals surface area contributed by atoms with Gasteiger partial charge in [0, 0.05) is 0 Å². The molecule has 0 nitrogen and oxygen atoms in total. The van der Waals surface area contributed by atoms with E-state index in [4.69, 9.17) is 0 Å². The van der Waals surface area contributed by atoms with E-state index in [9.17, 15) is 0 Å². The van der Waals surface area contributed by atoms with E-state index in [1.807, 2.05) is 0 Å². The van der Waals surface area contributed by atoms with E-state index in [2.05, 4.69) is 88.9 Å². The first-order valence-corrected chi connectivity index (χ1v) is 32.9. The lowest BCUT2D eigenvalue weighted by Gasteiger charge is -2.57. The molecule has 0 N–H and O–H groups in total. The third-order valence-electron chi connectivity index (χ3n) is 7.61. The fraction of sp³-hybridized carbons (Fsp3) is 0.909. The fourth-order valence-corrected chi connectivity index (χ4v) is 88.1. The van der Waals surface area contributed by atoms with Crippen LogP contribution in [0.25, 0.3) is 0 Å². The third-order valence-corrected chi connectivity index (χ3v) is 64.9. The molecular weight excluding hydrogens is 433 g/mol. The molecule has 4 aliphatic carbocycles. The first-order chi connectivity index (χ1) is 12.4. The second kappa shape index (κ2) is 7.29. The average molecular weight is 481 g/mol. The van der Waals surface area contributed by atoms with Gasteiger partial charge < -0.3 is 0 Å². The van der Waals surface area contributed by atoms with Gasteiger partial charge in [-0.05, 0) is 64.2 Å². The summed E-state index contributed by atoms with van der Waals surface area (Å²) in [6.07, 6.45) is 6.40.